The van der Waals surface area contributed by atoms with Crippen molar-refractivity contribution >= 4 is 5.69 Å². The van der Waals surface area contributed by atoms with Gasteiger partial charge in [-0.1, -0.05) is 117 Å². The van der Waals surface area contributed by atoms with Crippen molar-refractivity contribution in [2.45, 2.75) is 32.7 Å². The number of rotatable bonds is 7. The highest BCUT2D eigenvalue weighted by Crippen LogP contribution is 2.35. The van der Waals surface area contributed by atoms with Crippen molar-refractivity contribution in [3.63, 3.8) is 0 Å². The third-order valence-electron chi connectivity index (χ3n) is 6.71. The fourth-order valence-corrected chi connectivity index (χ4v) is 4.69. The summed E-state index contributed by atoms with van der Waals surface area (Å²) in [7, 11) is 0. The highest BCUT2D eigenvalue weighted by molar-refractivity contribution is 5.70. The van der Waals surface area contributed by atoms with Gasteiger partial charge in [-0.15, -0.1) is 0 Å². The Hall–Kier alpha value is -4.17. The molecule has 0 saturated carbocycles. The molecule has 4 aromatic carbocycles. The Morgan fingerprint density at radius 1 is 0.639 bits per heavy atom. The van der Waals surface area contributed by atoms with E-state index in [4.69, 9.17) is 4.98 Å². The summed E-state index contributed by atoms with van der Waals surface area (Å²) in [5, 5.41) is 3.87. The van der Waals surface area contributed by atoms with Crippen LogP contribution < -0.4 is 5.32 Å². The van der Waals surface area contributed by atoms with Gasteiger partial charge < -0.3 is 5.32 Å². The molecule has 5 aromatic rings. The molecule has 1 unspecified atom stereocenters. The predicted molar refractivity (Wildman–Crippen MR) is 152 cm³/mol. The third-order valence-corrected chi connectivity index (χ3v) is 6.71. The van der Waals surface area contributed by atoms with Gasteiger partial charge in [-0.3, -0.25) is 4.98 Å². The first-order chi connectivity index (χ1) is 17.6. The Morgan fingerprint density at radius 2 is 1.31 bits per heavy atom. The quantitative estimate of drug-likeness (QED) is 0.258. The Labute approximate surface area is 214 Å². The van der Waals surface area contributed by atoms with E-state index in [9.17, 15) is 0 Å². The summed E-state index contributed by atoms with van der Waals surface area (Å²) in [6, 6.07) is 42.6. The molecule has 0 amide bonds. The maximum Gasteiger partial charge on any atom is 0.0946 e. The normalized spacial score (nSPS) is 11.9. The predicted octanol–water partition coefficient (Wildman–Crippen LogP) is 9.05. The van der Waals surface area contributed by atoms with Crippen LogP contribution in [0.4, 0.5) is 5.69 Å². The monoisotopic (exact) mass is 468 g/mol. The highest BCUT2D eigenvalue weighted by Gasteiger charge is 2.21. The molecule has 5 rings (SSSR count). The van der Waals surface area contributed by atoms with Crippen LogP contribution in [0.15, 0.2) is 121 Å². The van der Waals surface area contributed by atoms with Crippen LogP contribution in [0, 0.1) is 6.92 Å². The maximum atomic E-state index is 5.16. The number of nitrogens with one attached hydrogen (secondary N) is 1. The van der Waals surface area contributed by atoms with Crippen LogP contribution in [0.2, 0.25) is 0 Å². The molecule has 2 heteroatoms. The molecule has 0 spiro atoms. The molecular weight excluding hydrogens is 436 g/mol. The fourth-order valence-electron chi connectivity index (χ4n) is 4.69. The van der Waals surface area contributed by atoms with Crippen LogP contribution in [0.3, 0.4) is 0 Å². The van der Waals surface area contributed by atoms with Gasteiger partial charge in [0.25, 0.3) is 0 Å². The summed E-state index contributed by atoms with van der Waals surface area (Å²) in [6.45, 7) is 6.65. The molecule has 1 atom stereocenters. The minimum Gasteiger partial charge on any atom is -0.373 e. The van der Waals surface area contributed by atoms with Crippen LogP contribution in [-0.2, 0) is 0 Å². The lowest BCUT2D eigenvalue weighted by Gasteiger charge is -2.25. The average molecular weight is 469 g/mol. The van der Waals surface area contributed by atoms with Gasteiger partial charge in [0.1, 0.15) is 0 Å². The molecule has 1 N–H and O–H groups in total. The molecule has 1 aromatic heterocycles. The zero-order valence-electron chi connectivity index (χ0n) is 21.1. The van der Waals surface area contributed by atoms with E-state index < -0.39 is 0 Å². The number of hydrogen-bond donors (Lipinski definition) is 1. The van der Waals surface area contributed by atoms with Crippen molar-refractivity contribution in [1.82, 2.24) is 4.98 Å². The van der Waals surface area contributed by atoms with Gasteiger partial charge in [-0.05, 0) is 58.9 Å². The minimum absolute atomic E-state index is 0.117. The Bertz CT molecular complexity index is 1440. The molecule has 36 heavy (non-hydrogen) atoms. The van der Waals surface area contributed by atoms with E-state index in [0.717, 1.165) is 22.6 Å². The fraction of sp³-hybridized carbons (Fsp3) is 0.147. The second-order valence-electron chi connectivity index (χ2n) is 9.57. The number of nitrogens with zero attached hydrogens (tertiary/aromatic N) is 1. The number of anilines is 1. The SMILES string of the molecule is Cc1cc(C(C)C)ccc1NC(c1cccc(-c2ccccc2)n1)c1ccccc1-c1ccccc1. The molecule has 2 nitrogen and oxygen atoms in total. The molecule has 0 bridgehead atoms. The van der Waals surface area contributed by atoms with Gasteiger partial charge in [0.15, 0.2) is 0 Å². The molecular formula is C34H32N2. The van der Waals surface area contributed by atoms with Gasteiger partial charge >= 0.3 is 0 Å². The number of aromatic nitrogens is 1. The van der Waals surface area contributed by atoms with Gasteiger partial charge in [0, 0.05) is 11.3 Å². The highest BCUT2D eigenvalue weighted by atomic mass is 15.0. The lowest BCUT2D eigenvalue weighted by atomic mass is 9.92. The largest absolute Gasteiger partial charge is 0.373 e. The molecule has 1 heterocycles. The van der Waals surface area contributed by atoms with Gasteiger partial charge in [-0.25, -0.2) is 0 Å². The lowest BCUT2D eigenvalue weighted by Crippen LogP contribution is -2.16. The van der Waals surface area contributed by atoms with E-state index in [1.807, 2.05) is 6.07 Å². The van der Waals surface area contributed by atoms with Crippen LogP contribution in [-0.4, -0.2) is 4.98 Å². The zero-order valence-corrected chi connectivity index (χ0v) is 21.1. The van der Waals surface area contributed by atoms with E-state index in [2.05, 4.69) is 141 Å². The number of pyridine rings is 1. The van der Waals surface area contributed by atoms with E-state index in [0.29, 0.717) is 5.92 Å². The number of aryl methyl sites for hydroxylation is 1. The van der Waals surface area contributed by atoms with E-state index >= 15 is 0 Å². The summed E-state index contributed by atoms with van der Waals surface area (Å²) < 4.78 is 0. The molecule has 0 aliphatic carbocycles. The summed E-state index contributed by atoms with van der Waals surface area (Å²) in [4.78, 5) is 5.16. The first kappa shape index (κ1) is 23.6. The van der Waals surface area contributed by atoms with Crippen LogP contribution in [0.25, 0.3) is 22.4 Å². The average Bonchev–Trinajstić information content (AvgIpc) is 2.93. The van der Waals surface area contributed by atoms with Crippen molar-refractivity contribution in [2.75, 3.05) is 5.32 Å². The van der Waals surface area contributed by atoms with Crippen molar-refractivity contribution in [2.24, 2.45) is 0 Å². The molecule has 0 aliphatic rings. The molecule has 0 aliphatic heterocycles. The zero-order chi connectivity index (χ0) is 24.9. The van der Waals surface area contributed by atoms with Crippen molar-refractivity contribution in [1.29, 1.82) is 0 Å². The first-order valence-electron chi connectivity index (χ1n) is 12.6. The van der Waals surface area contributed by atoms with Crippen LogP contribution in [0.5, 0.6) is 0 Å². The summed E-state index contributed by atoms with van der Waals surface area (Å²) in [5.41, 5.74) is 10.4. The van der Waals surface area contributed by atoms with E-state index in [-0.39, 0.29) is 6.04 Å². The van der Waals surface area contributed by atoms with Crippen molar-refractivity contribution in [3.05, 3.63) is 144 Å². The maximum absolute atomic E-state index is 5.16. The molecule has 0 fully saturated rings. The van der Waals surface area contributed by atoms with Crippen LogP contribution >= 0.6 is 0 Å². The summed E-state index contributed by atoms with van der Waals surface area (Å²) in [5.74, 6) is 0.497. The van der Waals surface area contributed by atoms with E-state index in [1.165, 1.54) is 27.8 Å². The van der Waals surface area contributed by atoms with Crippen molar-refractivity contribution < 1.29 is 0 Å². The Balaban J connectivity index is 1.64. The smallest absolute Gasteiger partial charge is 0.0946 e. The van der Waals surface area contributed by atoms with E-state index in [1.54, 1.807) is 0 Å². The number of hydrogen-bond acceptors (Lipinski definition) is 2. The third kappa shape index (κ3) is 5.08. The van der Waals surface area contributed by atoms with Gasteiger partial charge in [-0.2, -0.15) is 0 Å². The number of benzene rings is 4. The standard InChI is InChI=1S/C34H32N2/c1-24(2)28-21-22-31(25(3)23-28)36-34(30-18-11-10-17-29(30)26-13-6-4-7-14-26)33-20-12-19-32(35-33)27-15-8-5-9-16-27/h4-24,34,36H,1-3H3. The van der Waals surface area contributed by atoms with Gasteiger partial charge in [0.2, 0.25) is 0 Å². The molecule has 0 radical (unpaired) electrons. The summed E-state index contributed by atoms with van der Waals surface area (Å²) >= 11 is 0. The second kappa shape index (κ2) is 10.6. The van der Waals surface area contributed by atoms with Crippen LogP contribution in [0.1, 0.15) is 48.2 Å². The van der Waals surface area contributed by atoms with Gasteiger partial charge in [0.05, 0.1) is 17.4 Å². The first-order valence-corrected chi connectivity index (χ1v) is 12.6. The topological polar surface area (TPSA) is 24.9 Å². The lowest BCUT2D eigenvalue weighted by molar-refractivity contribution is 0.861. The molecule has 0 saturated heterocycles. The summed E-state index contributed by atoms with van der Waals surface area (Å²) in [6.07, 6.45) is 0. The van der Waals surface area contributed by atoms with Crippen molar-refractivity contribution in [3.8, 4) is 22.4 Å². The Morgan fingerprint density at radius 3 is 2.00 bits per heavy atom. The second-order valence-corrected chi connectivity index (χ2v) is 9.57. The Kier molecular flexibility index (Phi) is 6.95. The minimum atomic E-state index is -0.117. The molecule has 178 valence electrons.